The first-order valence-corrected chi connectivity index (χ1v) is 6.86. The summed E-state index contributed by atoms with van der Waals surface area (Å²) in [6.45, 7) is 4.44. The molecule has 0 aliphatic carbocycles. The molecule has 2 rings (SSSR count). The number of rotatable bonds is 5. The molecule has 0 heterocycles. The van der Waals surface area contributed by atoms with E-state index in [1.54, 1.807) is 0 Å². The van der Waals surface area contributed by atoms with Gasteiger partial charge in [0.2, 0.25) is 0 Å². The van der Waals surface area contributed by atoms with Crippen LogP contribution in [0.2, 0.25) is 0 Å². The van der Waals surface area contributed by atoms with Crippen molar-refractivity contribution < 1.29 is 0 Å². The summed E-state index contributed by atoms with van der Waals surface area (Å²) in [6, 6.07) is 17.4. The van der Waals surface area contributed by atoms with Gasteiger partial charge in [-0.3, -0.25) is 0 Å². The fourth-order valence-electron chi connectivity index (χ4n) is 2.37. The molecule has 0 atom stereocenters. The zero-order valence-electron chi connectivity index (χ0n) is 11.4. The quantitative estimate of drug-likeness (QED) is 0.652. The predicted molar refractivity (Wildman–Crippen MR) is 79.0 cm³/mol. The van der Waals surface area contributed by atoms with Crippen LogP contribution in [0.25, 0.3) is 0 Å². The van der Waals surface area contributed by atoms with E-state index in [4.69, 9.17) is 0 Å². The van der Waals surface area contributed by atoms with Crippen LogP contribution in [0.5, 0.6) is 0 Å². The lowest BCUT2D eigenvalue weighted by Gasteiger charge is -2.08. The minimum atomic E-state index is 1.20. The maximum Gasteiger partial charge on any atom is -0.0276 e. The molecule has 0 N–H and O–H groups in total. The van der Waals surface area contributed by atoms with Crippen LogP contribution in [0.1, 0.15) is 35.1 Å². The van der Waals surface area contributed by atoms with Gasteiger partial charge >= 0.3 is 0 Å². The summed E-state index contributed by atoms with van der Waals surface area (Å²) in [5, 5.41) is 0. The van der Waals surface area contributed by atoms with E-state index >= 15 is 0 Å². The molecule has 0 fully saturated rings. The lowest BCUT2D eigenvalue weighted by Crippen LogP contribution is -1.93. The zero-order valence-corrected chi connectivity index (χ0v) is 11.4. The lowest BCUT2D eigenvalue weighted by atomic mass is 9.98. The van der Waals surface area contributed by atoms with Gasteiger partial charge in [0.15, 0.2) is 0 Å². The van der Waals surface area contributed by atoms with E-state index in [1.165, 1.54) is 47.9 Å². The summed E-state index contributed by atoms with van der Waals surface area (Å²) in [5.74, 6) is 0. The Balaban J connectivity index is 1.81. The van der Waals surface area contributed by atoms with E-state index in [-0.39, 0.29) is 0 Å². The smallest absolute Gasteiger partial charge is 0.0276 e. The Bertz CT molecular complexity index is 483. The summed E-state index contributed by atoms with van der Waals surface area (Å²) < 4.78 is 0. The molecule has 0 unspecified atom stereocenters. The first-order valence-electron chi connectivity index (χ1n) is 6.86. The van der Waals surface area contributed by atoms with Crippen molar-refractivity contribution in [2.75, 3.05) is 0 Å². The van der Waals surface area contributed by atoms with Gasteiger partial charge in [0.05, 0.1) is 0 Å². The van der Waals surface area contributed by atoms with E-state index in [0.717, 1.165) is 0 Å². The molecule has 0 aliphatic rings. The Morgan fingerprint density at radius 3 is 2.22 bits per heavy atom. The molecule has 0 spiro atoms. The lowest BCUT2D eigenvalue weighted by molar-refractivity contribution is 0.731. The van der Waals surface area contributed by atoms with Crippen molar-refractivity contribution in [3.63, 3.8) is 0 Å². The molecule has 0 bridgehead atoms. The van der Waals surface area contributed by atoms with Crippen molar-refractivity contribution in [3.05, 3.63) is 70.8 Å². The van der Waals surface area contributed by atoms with Crippen LogP contribution >= 0.6 is 0 Å². The second-order valence-corrected chi connectivity index (χ2v) is 5.05. The van der Waals surface area contributed by atoms with Crippen LogP contribution in [0.3, 0.4) is 0 Å². The molecule has 0 aliphatic heterocycles. The summed E-state index contributed by atoms with van der Waals surface area (Å²) in [6.07, 6.45) is 4.96. The second kappa shape index (κ2) is 6.39. The van der Waals surface area contributed by atoms with E-state index in [2.05, 4.69) is 62.4 Å². The van der Waals surface area contributed by atoms with Crippen molar-refractivity contribution in [2.45, 2.75) is 39.5 Å². The molecule has 0 saturated heterocycles. The van der Waals surface area contributed by atoms with Crippen molar-refractivity contribution in [1.29, 1.82) is 0 Å². The third-order valence-electron chi connectivity index (χ3n) is 3.72. The van der Waals surface area contributed by atoms with Crippen molar-refractivity contribution in [2.24, 2.45) is 0 Å². The summed E-state index contributed by atoms with van der Waals surface area (Å²) in [5.41, 5.74) is 5.86. The van der Waals surface area contributed by atoms with Crippen LogP contribution < -0.4 is 0 Å². The Hall–Kier alpha value is -1.56. The molecule has 18 heavy (non-hydrogen) atoms. The fourth-order valence-corrected chi connectivity index (χ4v) is 2.37. The first kappa shape index (κ1) is 12.9. The Morgan fingerprint density at radius 2 is 1.44 bits per heavy atom. The number of hydrogen-bond donors (Lipinski definition) is 0. The molecule has 0 amide bonds. The monoisotopic (exact) mass is 238 g/mol. The Morgan fingerprint density at radius 1 is 0.722 bits per heavy atom. The summed E-state index contributed by atoms with van der Waals surface area (Å²) in [4.78, 5) is 0. The van der Waals surface area contributed by atoms with Crippen LogP contribution in [-0.4, -0.2) is 0 Å². The van der Waals surface area contributed by atoms with Gasteiger partial charge in [-0.05, 0) is 61.8 Å². The van der Waals surface area contributed by atoms with Gasteiger partial charge < -0.3 is 0 Å². The molecule has 2 aromatic carbocycles. The predicted octanol–water partition coefficient (Wildman–Crippen LogP) is 4.87. The average molecular weight is 238 g/mol. The Labute approximate surface area is 111 Å². The molecular formula is C18H22. The number of benzene rings is 2. The highest BCUT2D eigenvalue weighted by molar-refractivity contribution is 5.33. The van der Waals surface area contributed by atoms with Gasteiger partial charge in [0.25, 0.3) is 0 Å². The molecule has 0 radical (unpaired) electrons. The minimum Gasteiger partial charge on any atom is -0.0622 e. The minimum absolute atomic E-state index is 1.20. The molecule has 0 saturated carbocycles. The van der Waals surface area contributed by atoms with E-state index < -0.39 is 0 Å². The normalized spacial score (nSPS) is 10.6. The average Bonchev–Trinajstić information content (AvgIpc) is 2.40. The molecule has 2 aromatic rings. The highest BCUT2D eigenvalue weighted by Gasteiger charge is 2.00. The van der Waals surface area contributed by atoms with Crippen molar-refractivity contribution in [3.8, 4) is 0 Å². The van der Waals surface area contributed by atoms with E-state index in [0.29, 0.717) is 0 Å². The van der Waals surface area contributed by atoms with E-state index in [1.807, 2.05) is 0 Å². The fraction of sp³-hybridized carbons (Fsp3) is 0.333. The van der Waals surface area contributed by atoms with Crippen molar-refractivity contribution in [1.82, 2.24) is 0 Å². The van der Waals surface area contributed by atoms with Crippen LogP contribution in [-0.2, 0) is 12.8 Å². The Kier molecular flexibility index (Phi) is 4.58. The van der Waals surface area contributed by atoms with Gasteiger partial charge in [-0.15, -0.1) is 0 Å². The third kappa shape index (κ3) is 3.46. The summed E-state index contributed by atoms with van der Waals surface area (Å²) >= 11 is 0. The molecule has 0 aromatic heterocycles. The number of aryl methyl sites for hydroxylation is 3. The zero-order chi connectivity index (χ0) is 12.8. The van der Waals surface area contributed by atoms with Gasteiger partial charge in [-0.25, -0.2) is 0 Å². The van der Waals surface area contributed by atoms with Gasteiger partial charge in [-0.1, -0.05) is 48.5 Å². The van der Waals surface area contributed by atoms with E-state index in [9.17, 15) is 0 Å². The highest BCUT2D eigenvalue weighted by Crippen LogP contribution is 2.16. The molecule has 0 heteroatoms. The molecule has 94 valence electrons. The number of unbranched alkanes of at least 4 members (excludes halogenated alkanes) is 1. The van der Waals surface area contributed by atoms with Gasteiger partial charge in [-0.2, -0.15) is 0 Å². The maximum atomic E-state index is 2.27. The van der Waals surface area contributed by atoms with Gasteiger partial charge in [0, 0.05) is 0 Å². The van der Waals surface area contributed by atoms with Crippen LogP contribution in [0, 0.1) is 13.8 Å². The van der Waals surface area contributed by atoms with Crippen molar-refractivity contribution >= 4 is 0 Å². The molecular weight excluding hydrogens is 216 g/mol. The third-order valence-corrected chi connectivity index (χ3v) is 3.72. The number of hydrogen-bond acceptors (Lipinski definition) is 0. The topological polar surface area (TPSA) is 0 Å². The first-order chi connectivity index (χ1) is 8.77. The second-order valence-electron chi connectivity index (χ2n) is 5.05. The summed E-state index contributed by atoms with van der Waals surface area (Å²) in [7, 11) is 0. The highest BCUT2D eigenvalue weighted by atomic mass is 14.1. The van der Waals surface area contributed by atoms with Crippen LogP contribution in [0.15, 0.2) is 48.5 Å². The largest absolute Gasteiger partial charge is 0.0622 e. The van der Waals surface area contributed by atoms with Crippen LogP contribution in [0.4, 0.5) is 0 Å². The standard InChI is InChI=1S/C18H22/c1-15-9-8-14-18(16(15)2)13-7-6-12-17-10-4-3-5-11-17/h3-5,8-11,14H,6-7,12-13H2,1-2H3. The van der Waals surface area contributed by atoms with Gasteiger partial charge in [0.1, 0.15) is 0 Å². The maximum absolute atomic E-state index is 2.27. The SMILES string of the molecule is Cc1cccc(CCCCc2ccccc2)c1C. The molecule has 0 nitrogen and oxygen atoms in total.